The Hall–Kier alpha value is -2.36. The van der Waals surface area contributed by atoms with E-state index in [1.165, 1.54) is 11.0 Å². The molecule has 0 aliphatic rings. The molecule has 0 radical (unpaired) electrons. The SMILES string of the molecule is CCN(C(=O)Cc1ccc(N)cc1)c1ccccc1F. The van der Waals surface area contributed by atoms with E-state index in [4.69, 9.17) is 5.73 Å². The quantitative estimate of drug-likeness (QED) is 0.870. The van der Waals surface area contributed by atoms with Crippen LogP contribution in [0.15, 0.2) is 48.5 Å². The fourth-order valence-corrected chi connectivity index (χ4v) is 2.06. The largest absolute Gasteiger partial charge is 0.399 e. The number of nitrogens with zero attached hydrogens (tertiary/aromatic N) is 1. The molecule has 0 saturated carbocycles. The molecule has 4 heteroatoms. The summed E-state index contributed by atoms with van der Waals surface area (Å²) in [5.41, 5.74) is 7.44. The molecule has 0 heterocycles. The number of benzene rings is 2. The van der Waals surface area contributed by atoms with Crippen LogP contribution in [0.2, 0.25) is 0 Å². The van der Waals surface area contributed by atoms with Crippen LogP contribution in [0, 0.1) is 5.82 Å². The summed E-state index contributed by atoms with van der Waals surface area (Å²) in [6.45, 7) is 2.25. The molecule has 2 aromatic rings. The van der Waals surface area contributed by atoms with Crippen LogP contribution in [0.4, 0.5) is 15.8 Å². The number of nitrogens with two attached hydrogens (primary N) is 1. The number of hydrogen-bond donors (Lipinski definition) is 1. The Morgan fingerprint density at radius 2 is 1.80 bits per heavy atom. The van der Waals surface area contributed by atoms with Crippen LogP contribution in [-0.2, 0) is 11.2 Å². The van der Waals surface area contributed by atoms with E-state index in [1.54, 1.807) is 30.3 Å². The summed E-state index contributed by atoms with van der Waals surface area (Å²) in [5, 5.41) is 0. The van der Waals surface area contributed by atoms with Crippen molar-refractivity contribution in [3.8, 4) is 0 Å². The minimum absolute atomic E-state index is 0.137. The Kier molecular flexibility index (Phi) is 4.35. The van der Waals surface area contributed by atoms with Crippen molar-refractivity contribution in [1.29, 1.82) is 0 Å². The summed E-state index contributed by atoms with van der Waals surface area (Å²) in [5.74, 6) is -0.526. The van der Waals surface area contributed by atoms with Crippen LogP contribution in [0.25, 0.3) is 0 Å². The number of anilines is 2. The second kappa shape index (κ2) is 6.19. The number of hydrogen-bond acceptors (Lipinski definition) is 2. The molecule has 1 amide bonds. The lowest BCUT2D eigenvalue weighted by atomic mass is 10.1. The van der Waals surface area contributed by atoms with Gasteiger partial charge in [-0.2, -0.15) is 0 Å². The Morgan fingerprint density at radius 1 is 1.15 bits per heavy atom. The van der Waals surface area contributed by atoms with E-state index in [0.717, 1.165) is 5.56 Å². The minimum atomic E-state index is -0.389. The first-order chi connectivity index (χ1) is 9.61. The highest BCUT2D eigenvalue weighted by Gasteiger charge is 2.17. The topological polar surface area (TPSA) is 46.3 Å². The van der Waals surface area contributed by atoms with Gasteiger partial charge in [-0.1, -0.05) is 24.3 Å². The molecule has 3 nitrogen and oxygen atoms in total. The number of halogens is 1. The molecule has 0 saturated heterocycles. The maximum Gasteiger partial charge on any atom is 0.231 e. The first kappa shape index (κ1) is 14.1. The summed E-state index contributed by atoms with van der Waals surface area (Å²) in [4.78, 5) is 13.8. The maximum atomic E-state index is 13.8. The van der Waals surface area contributed by atoms with Gasteiger partial charge >= 0.3 is 0 Å². The van der Waals surface area contributed by atoms with Gasteiger partial charge in [-0.15, -0.1) is 0 Å². The molecule has 2 aromatic carbocycles. The fraction of sp³-hybridized carbons (Fsp3) is 0.188. The molecule has 0 atom stereocenters. The van der Waals surface area contributed by atoms with Gasteiger partial charge in [0.25, 0.3) is 0 Å². The van der Waals surface area contributed by atoms with Crippen molar-refractivity contribution in [2.45, 2.75) is 13.3 Å². The highest BCUT2D eigenvalue weighted by molar-refractivity contribution is 5.94. The van der Waals surface area contributed by atoms with Gasteiger partial charge in [0.1, 0.15) is 5.82 Å². The van der Waals surface area contributed by atoms with Gasteiger partial charge in [0.15, 0.2) is 0 Å². The Bertz CT molecular complexity index is 596. The Labute approximate surface area is 117 Å². The van der Waals surface area contributed by atoms with Gasteiger partial charge in [0.2, 0.25) is 5.91 Å². The monoisotopic (exact) mass is 272 g/mol. The highest BCUT2D eigenvalue weighted by Crippen LogP contribution is 2.19. The smallest absolute Gasteiger partial charge is 0.231 e. The zero-order chi connectivity index (χ0) is 14.5. The average molecular weight is 272 g/mol. The van der Waals surface area contributed by atoms with Crippen molar-refractivity contribution in [3.05, 3.63) is 59.9 Å². The molecule has 0 aliphatic heterocycles. The zero-order valence-electron chi connectivity index (χ0n) is 11.3. The van der Waals surface area contributed by atoms with Crippen LogP contribution >= 0.6 is 0 Å². The third kappa shape index (κ3) is 3.15. The first-order valence-electron chi connectivity index (χ1n) is 6.51. The molecule has 2 rings (SSSR count). The highest BCUT2D eigenvalue weighted by atomic mass is 19.1. The standard InChI is InChI=1S/C16H17FN2O/c1-2-19(15-6-4-3-5-14(15)17)16(20)11-12-7-9-13(18)10-8-12/h3-10H,2,11,18H2,1H3. The fourth-order valence-electron chi connectivity index (χ4n) is 2.06. The van der Waals surface area contributed by atoms with E-state index in [0.29, 0.717) is 17.9 Å². The van der Waals surface area contributed by atoms with Crippen molar-refractivity contribution in [1.82, 2.24) is 0 Å². The molecule has 0 aliphatic carbocycles. The lowest BCUT2D eigenvalue weighted by Gasteiger charge is -2.21. The number of carbonyl (C=O) groups is 1. The second-order valence-corrected chi connectivity index (χ2v) is 4.51. The first-order valence-corrected chi connectivity index (χ1v) is 6.51. The molecule has 0 fully saturated rings. The lowest BCUT2D eigenvalue weighted by molar-refractivity contribution is -0.118. The second-order valence-electron chi connectivity index (χ2n) is 4.51. The number of rotatable bonds is 4. The van der Waals surface area contributed by atoms with E-state index < -0.39 is 0 Å². The average Bonchev–Trinajstić information content (AvgIpc) is 2.44. The third-order valence-corrected chi connectivity index (χ3v) is 3.10. The summed E-state index contributed by atoms with van der Waals surface area (Å²) in [6, 6.07) is 13.4. The van der Waals surface area contributed by atoms with E-state index >= 15 is 0 Å². The number of para-hydroxylation sites is 1. The lowest BCUT2D eigenvalue weighted by Crippen LogP contribution is -2.32. The third-order valence-electron chi connectivity index (χ3n) is 3.10. The van der Waals surface area contributed by atoms with Gasteiger partial charge in [-0.25, -0.2) is 4.39 Å². The summed E-state index contributed by atoms with van der Waals surface area (Å²) in [7, 11) is 0. The van der Waals surface area contributed by atoms with Crippen molar-refractivity contribution in [2.24, 2.45) is 0 Å². The van der Waals surface area contributed by atoms with Crippen molar-refractivity contribution >= 4 is 17.3 Å². The molecule has 0 bridgehead atoms. The minimum Gasteiger partial charge on any atom is -0.399 e. The molecule has 0 unspecified atom stereocenters. The van der Waals surface area contributed by atoms with Crippen LogP contribution in [0.1, 0.15) is 12.5 Å². The summed E-state index contributed by atoms with van der Waals surface area (Å²) < 4.78 is 13.8. The predicted octanol–water partition coefficient (Wildman–Crippen LogP) is 3.00. The number of likely N-dealkylation sites (N-methyl/N-ethyl adjacent to an activating group) is 1. The van der Waals surface area contributed by atoms with Crippen LogP contribution < -0.4 is 10.6 Å². The van der Waals surface area contributed by atoms with Crippen LogP contribution in [0.5, 0.6) is 0 Å². The number of amides is 1. The van der Waals surface area contributed by atoms with Crippen molar-refractivity contribution in [3.63, 3.8) is 0 Å². The predicted molar refractivity (Wildman–Crippen MR) is 79.0 cm³/mol. The summed E-state index contributed by atoms with van der Waals surface area (Å²) in [6.07, 6.45) is 0.225. The maximum absolute atomic E-state index is 13.8. The van der Waals surface area contributed by atoms with E-state index in [2.05, 4.69) is 0 Å². The molecule has 0 spiro atoms. The Morgan fingerprint density at radius 3 is 2.40 bits per heavy atom. The van der Waals surface area contributed by atoms with Crippen LogP contribution in [-0.4, -0.2) is 12.5 Å². The van der Waals surface area contributed by atoms with Gasteiger partial charge in [0.05, 0.1) is 12.1 Å². The van der Waals surface area contributed by atoms with Crippen molar-refractivity contribution in [2.75, 3.05) is 17.2 Å². The van der Waals surface area contributed by atoms with Gasteiger partial charge in [0, 0.05) is 12.2 Å². The molecule has 20 heavy (non-hydrogen) atoms. The Balaban J connectivity index is 2.18. The van der Waals surface area contributed by atoms with Gasteiger partial charge < -0.3 is 10.6 Å². The van der Waals surface area contributed by atoms with Crippen LogP contribution in [0.3, 0.4) is 0 Å². The molecule has 2 N–H and O–H groups in total. The van der Waals surface area contributed by atoms with Gasteiger partial charge in [-0.3, -0.25) is 4.79 Å². The zero-order valence-corrected chi connectivity index (χ0v) is 11.3. The number of nitrogen functional groups attached to an aromatic ring is 1. The number of carbonyl (C=O) groups excluding carboxylic acids is 1. The molecule has 0 aromatic heterocycles. The van der Waals surface area contributed by atoms with Crippen molar-refractivity contribution < 1.29 is 9.18 Å². The summed E-state index contributed by atoms with van der Waals surface area (Å²) >= 11 is 0. The van der Waals surface area contributed by atoms with E-state index in [1.807, 2.05) is 19.1 Å². The van der Waals surface area contributed by atoms with Gasteiger partial charge in [-0.05, 0) is 36.8 Å². The van der Waals surface area contributed by atoms with E-state index in [9.17, 15) is 9.18 Å². The molecule has 104 valence electrons. The molecular formula is C16H17FN2O. The normalized spacial score (nSPS) is 10.3. The molecular weight excluding hydrogens is 255 g/mol. The van der Waals surface area contributed by atoms with E-state index in [-0.39, 0.29) is 18.1 Å².